The first kappa shape index (κ1) is 6.49. The molecule has 2 N–H and O–H groups in total. The first-order valence-electron chi connectivity index (χ1n) is 3.50. The highest BCUT2D eigenvalue weighted by molar-refractivity contribution is 5.40. The van der Waals surface area contributed by atoms with E-state index in [0.717, 1.165) is 11.5 Å². The Balaban J connectivity index is 2.34. The van der Waals surface area contributed by atoms with Gasteiger partial charge in [-0.05, 0) is 12.1 Å². The van der Waals surface area contributed by atoms with Crippen molar-refractivity contribution in [2.75, 3.05) is 6.61 Å². The van der Waals surface area contributed by atoms with E-state index >= 15 is 0 Å². The van der Waals surface area contributed by atoms with E-state index in [1.165, 1.54) is 0 Å². The van der Waals surface area contributed by atoms with Crippen LogP contribution >= 0.6 is 0 Å². The molecule has 0 saturated heterocycles. The molecule has 1 aliphatic heterocycles. The van der Waals surface area contributed by atoms with Crippen LogP contribution in [0, 0.1) is 0 Å². The Bertz CT molecular complexity index is 262. The molecular weight excluding hydrogens is 142 g/mol. The molecule has 0 aromatic heterocycles. The number of hydrogen-bond acceptors (Lipinski definition) is 3. The van der Waals surface area contributed by atoms with Crippen molar-refractivity contribution >= 4 is 0 Å². The third-order valence-corrected chi connectivity index (χ3v) is 1.53. The van der Waals surface area contributed by atoms with Gasteiger partial charge in [0, 0.05) is 0 Å². The molecule has 0 aliphatic carbocycles. The maximum atomic E-state index is 5.50. The minimum absolute atomic E-state index is 0.329. The van der Waals surface area contributed by atoms with Crippen LogP contribution in [0.5, 0.6) is 11.5 Å². The predicted octanol–water partition coefficient (Wildman–Crippen LogP) is 0.743. The summed E-state index contributed by atoms with van der Waals surface area (Å²) in [6, 6.07) is 7.49. The molecule has 0 spiro atoms. The lowest BCUT2D eigenvalue weighted by atomic mass is 10.3. The summed E-state index contributed by atoms with van der Waals surface area (Å²) >= 11 is 0. The third kappa shape index (κ3) is 1.14. The Labute approximate surface area is 64.7 Å². The molecule has 0 radical (unpaired) electrons. The number of fused-ring (bicyclic) bond motifs is 1. The van der Waals surface area contributed by atoms with Gasteiger partial charge in [0.1, 0.15) is 6.61 Å². The molecule has 58 valence electrons. The highest BCUT2D eigenvalue weighted by Crippen LogP contribution is 2.29. The molecule has 1 aromatic rings. The van der Waals surface area contributed by atoms with Crippen molar-refractivity contribution in [1.29, 1.82) is 0 Å². The standard InChI is InChI=1S/C8H9NO2/c9-8-5-10-6-3-1-2-4-7(6)11-8/h1-4,8H,5,9H2. The fourth-order valence-corrected chi connectivity index (χ4v) is 1.04. The zero-order valence-corrected chi connectivity index (χ0v) is 5.99. The van der Waals surface area contributed by atoms with Crippen LogP contribution in [-0.4, -0.2) is 12.8 Å². The number of ether oxygens (including phenoxy) is 2. The third-order valence-electron chi connectivity index (χ3n) is 1.53. The van der Waals surface area contributed by atoms with E-state index < -0.39 is 0 Å². The molecule has 0 amide bonds. The van der Waals surface area contributed by atoms with Crippen LogP contribution in [0.15, 0.2) is 24.3 Å². The summed E-state index contributed by atoms with van der Waals surface area (Å²) in [5, 5.41) is 0. The van der Waals surface area contributed by atoms with E-state index in [1.54, 1.807) is 0 Å². The van der Waals surface area contributed by atoms with E-state index in [2.05, 4.69) is 0 Å². The van der Waals surface area contributed by atoms with Gasteiger partial charge in [-0.2, -0.15) is 0 Å². The fraction of sp³-hybridized carbons (Fsp3) is 0.250. The number of rotatable bonds is 0. The van der Waals surface area contributed by atoms with Crippen LogP contribution in [-0.2, 0) is 0 Å². The number of hydrogen-bond donors (Lipinski definition) is 1. The molecule has 2 rings (SSSR count). The monoisotopic (exact) mass is 151 g/mol. The van der Waals surface area contributed by atoms with Crippen molar-refractivity contribution in [2.24, 2.45) is 5.73 Å². The van der Waals surface area contributed by atoms with E-state index in [0.29, 0.717) is 6.61 Å². The number of nitrogens with two attached hydrogens (primary N) is 1. The molecule has 0 saturated carbocycles. The van der Waals surface area contributed by atoms with Gasteiger partial charge in [0.15, 0.2) is 17.7 Å². The minimum atomic E-state index is -0.329. The Kier molecular flexibility index (Phi) is 1.43. The molecule has 3 nitrogen and oxygen atoms in total. The summed E-state index contributed by atoms with van der Waals surface area (Å²) in [5.41, 5.74) is 5.50. The first-order chi connectivity index (χ1) is 5.36. The molecule has 1 unspecified atom stereocenters. The molecule has 1 atom stereocenters. The van der Waals surface area contributed by atoms with Crippen molar-refractivity contribution in [2.45, 2.75) is 6.23 Å². The molecule has 11 heavy (non-hydrogen) atoms. The summed E-state index contributed by atoms with van der Waals surface area (Å²) < 4.78 is 10.6. The predicted molar refractivity (Wildman–Crippen MR) is 40.5 cm³/mol. The lowest BCUT2D eigenvalue weighted by molar-refractivity contribution is 0.0958. The Morgan fingerprint density at radius 3 is 2.82 bits per heavy atom. The molecule has 1 aliphatic rings. The Morgan fingerprint density at radius 2 is 2.00 bits per heavy atom. The van der Waals surface area contributed by atoms with Crippen LogP contribution in [0.3, 0.4) is 0 Å². The molecule has 0 bridgehead atoms. The van der Waals surface area contributed by atoms with Gasteiger partial charge in [-0.3, -0.25) is 5.73 Å². The summed E-state index contributed by atoms with van der Waals surface area (Å²) in [5.74, 6) is 1.50. The number of para-hydroxylation sites is 2. The maximum absolute atomic E-state index is 5.50. The Morgan fingerprint density at radius 1 is 1.27 bits per heavy atom. The topological polar surface area (TPSA) is 44.5 Å². The van der Waals surface area contributed by atoms with Gasteiger partial charge in [0.25, 0.3) is 0 Å². The second-order valence-corrected chi connectivity index (χ2v) is 2.41. The van der Waals surface area contributed by atoms with Crippen LogP contribution in [0.4, 0.5) is 0 Å². The molecule has 1 aromatic carbocycles. The summed E-state index contributed by atoms with van der Waals surface area (Å²) in [7, 11) is 0. The SMILES string of the molecule is NC1COc2ccccc2O1. The number of benzene rings is 1. The molecule has 1 heterocycles. The van der Waals surface area contributed by atoms with Crippen molar-refractivity contribution in [1.82, 2.24) is 0 Å². The Hall–Kier alpha value is -1.22. The van der Waals surface area contributed by atoms with Crippen molar-refractivity contribution in [3.8, 4) is 11.5 Å². The normalized spacial score (nSPS) is 21.4. The molecule has 3 heteroatoms. The van der Waals surface area contributed by atoms with Gasteiger partial charge in [0.05, 0.1) is 0 Å². The fourth-order valence-electron chi connectivity index (χ4n) is 1.04. The summed E-state index contributed by atoms with van der Waals surface area (Å²) in [6.07, 6.45) is -0.329. The zero-order valence-electron chi connectivity index (χ0n) is 5.99. The van der Waals surface area contributed by atoms with Gasteiger partial charge in [-0.1, -0.05) is 12.1 Å². The average molecular weight is 151 g/mol. The second-order valence-electron chi connectivity index (χ2n) is 2.41. The lowest BCUT2D eigenvalue weighted by Crippen LogP contribution is -2.36. The van der Waals surface area contributed by atoms with Gasteiger partial charge >= 0.3 is 0 Å². The van der Waals surface area contributed by atoms with E-state index in [1.807, 2.05) is 24.3 Å². The van der Waals surface area contributed by atoms with E-state index in [9.17, 15) is 0 Å². The summed E-state index contributed by atoms with van der Waals surface area (Å²) in [4.78, 5) is 0. The first-order valence-corrected chi connectivity index (χ1v) is 3.50. The average Bonchev–Trinajstić information content (AvgIpc) is 2.04. The van der Waals surface area contributed by atoms with E-state index in [4.69, 9.17) is 15.2 Å². The largest absolute Gasteiger partial charge is 0.484 e. The van der Waals surface area contributed by atoms with Crippen LogP contribution < -0.4 is 15.2 Å². The van der Waals surface area contributed by atoms with Crippen molar-refractivity contribution in [3.63, 3.8) is 0 Å². The van der Waals surface area contributed by atoms with Gasteiger partial charge < -0.3 is 9.47 Å². The lowest BCUT2D eigenvalue weighted by Gasteiger charge is -2.22. The van der Waals surface area contributed by atoms with Crippen LogP contribution in [0.1, 0.15) is 0 Å². The van der Waals surface area contributed by atoms with Crippen molar-refractivity contribution < 1.29 is 9.47 Å². The van der Waals surface area contributed by atoms with Crippen LogP contribution in [0.25, 0.3) is 0 Å². The maximum Gasteiger partial charge on any atom is 0.182 e. The minimum Gasteiger partial charge on any atom is -0.484 e. The summed E-state index contributed by atoms with van der Waals surface area (Å²) in [6.45, 7) is 0.428. The van der Waals surface area contributed by atoms with Gasteiger partial charge in [-0.15, -0.1) is 0 Å². The van der Waals surface area contributed by atoms with Crippen molar-refractivity contribution in [3.05, 3.63) is 24.3 Å². The van der Waals surface area contributed by atoms with E-state index in [-0.39, 0.29) is 6.23 Å². The highest BCUT2D eigenvalue weighted by atomic mass is 16.6. The smallest absolute Gasteiger partial charge is 0.182 e. The quantitative estimate of drug-likeness (QED) is 0.594. The molecule has 0 fully saturated rings. The molecular formula is C8H9NO2. The second kappa shape index (κ2) is 2.43. The zero-order chi connectivity index (χ0) is 7.68. The highest BCUT2D eigenvalue weighted by Gasteiger charge is 2.15. The van der Waals surface area contributed by atoms with Crippen LogP contribution in [0.2, 0.25) is 0 Å². The van der Waals surface area contributed by atoms with Gasteiger partial charge in [0.2, 0.25) is 0 Å². The van der Waals surface area contributed by atoms with Gasteiger partial charge in [-0.25, -0.2) is 0 Å².